The SMILES string of the molecule is Cc1nc2ccccc2n1CC(=O)OCC(=O)Nc1sccc1C#N. The summed E-state index contributed by atoms with van der Waals surface area (Å²) >= 11 is 1.24. The maximum Gasteiger partial charge on any atom is 0.326 e. The fourth-order valence-corrected chi connectivity index (χ4v) is 3.13. The Balaban J connectivity index is 1.58. The van der Waals surface area contributed by atoms with Gasteiger partial charge in [0.1, 0.15) is 23.4 Å². The molecule has 0 saturated carbocycles. The van der Waals surface area contributed by atoms with Crippen molar-refractivity contribution in [1.29, 1.82) is 5.26 Å². The highest BCUT2D eigenvalue weighted by atomic mass is 32.1. The highest BCUT2D eigenvalue weighted by Crippen LogP contribution is 2.21. The van der Waals surface area contributed by atoms with Crippen LogP contribution in [0.5, 0.6) is 0 Å². The summed E-state index contributed by atoms with van der Waals surface area (Å²) in [5, 5.41) is 13.6. The van der Waals surface area contributed by atoms with Gasteiger partial charge >= 0.3 is 5.97 Å². The molecule has 0 spiro atoms. The number of fused-ring (bicyclic) bond motifs is 1. The van der Waals surface area contributed by atoms with Gasteiger partial charge in [-0.3, -0.25) is 9.59 Å². The fraction of sp³-hybridized carbons (Fsp3) is 0.176. The number of esters is 1. The van der Waals surface area contributed by atoms with Crippen LogP contribution in [0.2, 0.25) is 0 Å². The Morgan fingerprint density at radius 1 is 1.36 bits per heavy atom. The number of nitriles is 1. The smallest absolute Gasteiger partial charge is 0.326 e. The molecule has 25 heavy (non-hydrogen) atoms. The molecular formula is C17H14N4O3S. The van der Waals surface area contributed by atoms with Gasteiger partial charge in [-0.05, 0) is 30.5 Å². The molecule has 0 fully saturated rings. The number of hydrogen-bond acceptors (Lipinski definition) is 6. The summed E-state index contributed by atoms with van der Waals surface area (Å²) in [6, 6.07) is 11.1. The summed E-state index contributed by atoms with van der Waals surface area (Å²) in [6.45, 7) is 1.37. The van der Waals surface area contributed by atoms with E-state index in [0.717, 1.165) is 11.0 Å². The van der Waals surface area contributed by atoms with Crippen LogP contribution in [-0.4, -0.2) is 28.0 Å². The molecule has 3 rings (SSSR count). The third-order valence-corrected chi connectivity index (χ3v) is 4.37. The van der Waals surface area contributed by atoms with Crippen LogP contribution in [0.1, 0.15) is 11.4 Å². The van der Waals surface area contributed by atoms with Crippen molar-refractivity contribution >= 4 is 39.2 Å². The van der Waals surface area contributed by atoms with Crippen LogP contribution in [-0.2, 0) is 20.9 Å². The highest BCUT2D eigenvalue weighted by molar-refractivity contribution is 7.14. The van der Waals surface area contributed by atoms with E-state index < -0.39 is 18.5 Å². The summed E-state index contributed by atoms with van der Waals surface area (Å²) < 4.78 is 6.76. The van der Waals surface area contributed by atoms with Gasteiger partial charge in [0.15, 0.2) is 6.61 Å². The molecule has 0 saturated heterocycles. The van der Waals surface area contributed by atoms with Crippen LogP contribution in [0.25, 0.3) is 11.0 Å². The first-order chi connectivity index (χ1) is 12.1. The third kappa shape index (κ3) is 3.67. The van der Waals surface area contributed by atoms with Gasteiger partial charge < -0.3 is 14.6 Å². The van der Waals surface area contributed by atoms with Gasteiger partial charge in [0.2, 0.25) is 0 Å². The average molecular weight is 354 g/mol. The highest BCUT2D eigenvalue weighted by Gasteiger charge is 2.14. The fourth-order valence-electron chi connectivity index (χ4n) is 2.37. The number of benzene rings is 1. The number of carbonyl (C=O) groups excluding carboxylic acids is 2. The minimum absolute atomic E-state index is 0.0257. The number of imidazole rings is 1. The van der Waals surface area contributed by atoms with Crippen LogP contribution in [0.3, 0.4) is 0 Å². The van der Waals surface area contributed by atoms with Gasteiger partial charge in [-0.1, -0.05) is 12.1 Å². The van der Waals surface area contributed by atoms with E-state index in [9.17, 15) is 9.59 Å². The molecule has 1 aromatic carbocycles. The first kappa shape index (κ1) is 16.7. The van der Waals surface area contributed by atoms with E-state index in [2.05, 4.69) is 10.3 Å². The number of thiophene rings is 1. The summed E-state index contributed by atoms with van der Waals surface area (Å²) in [6.07, 6.45) is 0. The zero-order chi connectivity index (χ0) is 17.8. The Bertz CT molecular complexity index is 983. The number of rotatable bonds is 5. The van der Waals surface area contributed by atoms with E-state index in [-0.39, 0.29) is 6.54 Å². The zero-order valence-corrected chi connectivity index (χ0v) is 14.2. The molecule has 1 amide bonds. The number of para-hydroxylation sites is 2. The van der Waals surface area contributed by atoms with E-state index in [1.165, 1.54) is 11.3 Å². The second kappa shape index (κ2) is 7.15. The van der Waals surface area contributed by atoms with Gasteiger partial charge in [-0.2, -0.15) is 5.26 Å². The molecule has 0 aliphatic carbocycles. The van der Waals surface area contributed by atoms with Crippen LogP contribution in [0.15, 0.2) is 35.7 Å². The molecule has 2 heterocycles. The molecule has 1 N–H and O–H groups in total. The molecule has 7 nitrogen and oxygen atoms in total. The second-order valence-corrected chi connectivity index (χ2v) is 6.13. The van der Waals surface area contributed by atoms with Gasteiger partial charge in [-0.15, -0.1) is 11.3 Å². The zero-order valence-electron chi connectivity index (χ0n) is 13.4. The minimum Gasteiger partial charge on any atom is -0.454 e. The van der Waals surface area contributed by atoms with Crippen LogP contribution in [0, 0.1) is 18.3 Å². The van der Waals surface area contributed by atoms with Gasteiger partial charge in [-0.25, -0.2) is 4.98 Å². The molecule has 0 aliphatic rings. The molecule has 126 valence electrons. The average Bonchev–Trinajstić information content (AvgIpc) is 3.17. The molecule has 0 bridgehead atoms. The number of nitrogens with zero attached hydrogens (tertiary/aromatic N) is 3. The Kier molecular flexibility index (Phi) is 4.77. The number of anilines is 1. The predicted octanol–water partition coefficient (Wildman–Crippen LogP) is 2.46. The van der Waals surface area contributed by atoms with E-state index in [0.29, 0.717) is 16.4 Å². The van der Waals surface area contributed by atoms with Crippen molar-refractivity contribution < 1.29 is 14.3 Å². The molecule has 2 aromatic heterocycles. The Labute approximate surface area is 147 Å². The topological polar surface area (TPSA) is 97.0 Å². The van der Waals surface area contributed by atoms with Crippen LogP contribution in [0.4, 0.5) is 5.00 Å². The number of aromatic nitrogens is 2. The number of hydrogen-bond donors (Lipinski definition) is 1. The Morgan fingerprint density at radius 3 is 2.96 bits per heavy atom. The third-order valence-electron chi connectivity index (χ3n) is 3.54. The number of carbonyl (C=O) groups is 2. The lowest BCUT2D eigenvalue weighted by atomic mass is 10.3. The maximum absolute atomic E-state index is 12.0. The number of ether oxygens (including phenoxy) is 1. The molecule has 8 heteroatoms. The first-order valence-corrected chi connectivity index (χ1v) is 8.31. The van der Waals surface area contributed by atoms with Crippen molar-refractivity contribution in [1.82, 2.24) is 9.55 Å². The van der Waals surface area contributed by atoms with Crippen molar-refractivity contribution in [3.8, 4) is 6.07 Å². The summed E-state index contributed by atoms with van der Waals surface area (Å²) in [7, 11) is 0. The van der Waals surface area contributed by atoms with E-state index in [1.807, 2.05) is 30.3 Å². The molecule has 3 aromatic rings. The number of nitrogens with one attached hydrogen (secondary N) is 1. The van der Waals surface area contributed by atoms with Gasteiger partial charge in [0.25, 0.3) is 5.91 Å². The Hall–Kier alpha value is -3.18. The summed E-state index contributed by atoms with van der Waals surface area (Å²) in [4.78, 5) is 28.3. The van der Waals surface area contributed by atoms with Gasteiger partial charge in [0.05, 0.1) is 16.6 Å². The standard InChI is InChI=1S/C17H14N4O3S/c1-11-19-13-4-2-3-5-14(13)21(11)9-16(23)24-10-15(22)20-17-12(8-18)6-7-25-17/h2-7H,9-10H2,1H3,(H,20,22). The van der Waals surface area contributed by atoms with E-state index >= 15 is 0 Å². The molecular weight excluding hydrogens is 340 g/mol. The lowest BCUT2D eigenvalue weighted by Crippen LogP contribution is -2.23. The predicted molar refractivity (Wildman–Crippen MR) is 93.1 cm³/mol. The second-order valence-electron chi connectivity index (χ2n) is 5.22. The molecule has 0 aliphatic heterocycles. The van der Waals surface area contributed by atoms with Crippen molar-refractivity contribution in [2.75, 3.05) is 11.9 Å². The van der Waals surface area contributed by atoms with E-state index in [4.69, 9.17) is 10.00 Å². The van der Waals surface area contributed by atoms with Crippen molar-refractivity contribution in [3.63, 3.8) is 0 Å². The summed E-state index contributed by atoms with van der Waals surface area (Å²) in [5.41, 5.74) is 2.01. The number of amides is 1. The summed E-state index contributed by atoms with van der Waals surface area (Å²) in [5.74, 6) is -0.326. The monoisotopic (exact) mass is 354 g/mol. The minimum atomic E-state index is -0.534. The molecule has 0 unspecified atom stereocenters. The van der Waals surface area contributed by atoms with E-state index in [1.54, 1.807) is 22.9 Å². The van der Waals surface area contributed by atoms with Crippen molar-refractivity contribution in [3.05, 3.63) is 47.1 Å². The normalized spacial score (nSPS) is 10.4. The molecule has 0 atom stereocenters. The maximum atomic E-state index is 12.0. The molecule has 0 radical (unpaired) electrons. The van der Waals surface area contributed by atoms with Crippen molar-refractivity contribution in [2.24, 2.45) is 0 Å². The number of aryl methyl sites for hydroxylation is 1. The lowest BCUT2D eigenvalue weighted by molar-refractivity contribution is -0.147. The lowest BCUT2D eigenvalue weighted by Gasteiger charge is -2.08. The van der Waals surface area contributed by atoms with Crippen molar-refractivity contribution in [2.45, 2.75) is 13.5 Å². The van der Waals surface area contributed by atoms with Crippen LogP contribution < -0.4 is 5.32 Å². The first-order valence-electron chi connectivity index (χ1n) is 7.43. The largest absolute Gasteiger partial charge is 0.454 e. The van der Waals surface area contributed by atoms with Crippen LogP contribution >= 0.6 is 11.3 Å². The Morgan fingerprint density at radius 2 is 2.16 bits per heavy atom. The quantitative estimate of drug-likeness (QED) is 0.710. The van der Waals surface area contributed by atoms with Gasteiger partial charge in [0, 0.05) is 0 Å².